The summed E-state index contributed by atoms with van der Waals surface area (Å²) in [6, 6.07) is 0. The van der Waals surface area contributed by atoms with E-state index in [1.54, 1.807) is 6.21 Å². The third kappa shape index (κ3) is 4.85. The van der Waals surface area contributed by atoms with E-state index >= 15 is 0 Å². The molecule has 2 rings (SSSR count). The fourth-order valence-corrected chi connectivity index (χ4v) is 3.28. The fourth-order valence-electron chi connectivity index (χ4n) is 1.97. The summed E-state index contributed by atoms with van der Waals surface area (Å²) >= 11 is 1.51. The van der Waals surface area contributed by atoms with Gasteiger partial charge in [0.1, 0.15) is 18.6 Å². The Kier molecular flexibility index (Phi) is 5.50. The summed E-state index contributed by atoms with van der Waals surface area (Å²) in [5, 5.41) is 10.3. The molecule has 2 aromatic heterocycles. The standard InChI is InChI=1S/C13H19N5O3S2/c1-11-10-22-13(17(11)3)15-14-9-12-16(2)6-7-18(12)5-4-8-23(19,20)21/h6-7,9-10H,4-5,8H2,1-3H3. The van der Waals surface area contributed by atoms with Crippen LogP contribution in [-0.4, -0.2) is 34.1 Å². The van der Waals surface area contributed by atoms with Crippen molar-refractivity contribution < 1.29 is 17.5 Å². The molecule has 0 saturated heterocycles. The van der Waals surface area contributed by atoms with Gasteiger partial charge in [0.2, 0.25) is 4.80 Å². The molecule has 0 aliphatic carbocycles. The molecule has 0 aliphatic rings. The van der Waals surface area contributed by atoms with Crippen LogP contribution in [0.2, 0.25) is 0 Å². The van der Waals surface area contributed by atoms with Crippen LogP contribution in [0.5, 0.6) is 0 Å². The molecule has 0 spiro atoms. The molecule has 2 aromatic rings. The van der Waals surface area contributed by atoms with Crippen molar-refractivity contribution >= 4 is 27.7 Å². The Morgan fingerprint density at radius 2 is 2.17 bits per heavy atom. The van der Waals surface area contributed by atoms with Gasteiger partial charge in [-0.1, -0.05) is 0 Å². The van der Waals surface area contributed by atoms with E-state index in [4.69, 9.17) is 0 Å². The monoisotopic (exact) mass is 357 g/mol. The predicted octanol–water partition coefficient (Wildman–Crippen LogP) is -0.109. The first kappa shape index (κ1) is 17.6. The average molecular weight is 357 g/mol. The highest BCUT2D eigenvalue weighted by Gasteiger charge is 2.12. The maximum absolute atomic E-state index is 10.7. The Morgan fingerprint density at radius 3 is 2.78 bits per heavy atom. The summed E-state index contributed by atoms with van der Waals surface area (Å²) < 4.78 is 37.6. The first-order chi connectivity index (χ1) is 10.8. The van der Waals surface area contributed by atoms with E-state index in [1.807, 2.05) is 52.5 Å². The van der Waals surface area contributed by atoms with Crippen LogP contribution in [0.25, 0.3) is 0 Å². The molecule has 0 N–H and O–H groups in total. The van der Waals surface area contributed by atoms with Crippen molar-refractivity contribution in [2.45, 2.75) is 19.9 Å². The van der Waals surface area contributed by atoms with Gasteiger partial charge in [0.25, 0.3) is 0 Å². The van der Waals surface area contributed by atoms with Gasteiger partial charge in [-0.25, -0.2) is 17.6 Å². The van der Waals surface area contributed by atoms with Crippen LogP contribution in [0.3, 0.4) is 0 Å². The highest BCUT2D eigenvalue weighted by molar-refractivity contribution is 7.85. The molecular weight excluding hydrogens is 338 g/mol. The third-order valence-electron chi connectivity index (χ3n) is 3.39. The SMILES string of the molecule is Cc1cs/c(=N\N=C\c2n(C)cc[n+]2CCCS(=O)(=O)[O-])n1C. The van der Waals surface area contributed by atoms with Crippen LogP contribution >= 0.6 is 11.3 Å². The first-order valence-corrected chi connectivity index (χ1v) is 9.40. The molecule has 0 atom stereocenters. The molecule has 0 aromatic carbocycles. The summed E-state index contributed by atoms with van der Waals surface area (Å²) in [7, 11) is -0.398. The van der Waals surface area contributed by atoms with Crippen molar-refractivity contribution in [2.75, 3.05) is 5.75 Å². The van der Waals surface area contributed by atoms with Gasteiger partial charge in [0, 0.05) is 23.9 Å². The minimum Gasteiger partial charge on any atom is -0.748 e. The van der Waals surface area contributed by atoms with E-state index in [1.165, 1.54) is 11.3 Å². The van der Waals surface area contributed by atoms with Crippen molar-refractivity contribution in [3.8, 4) is 0 Å². The smallest absolute Gasteiger partial charge is 0.301 e. The number of nitrogens with zero attached hydrogens (tertiary/aromatic N) is 5. The summed E-state index contributed by atoms with van der Waals surface area (Å²) in [4.78, 5) is 0.789. The Bertz CT molecular complexity index is 874. The molecule has 2 heterocycles. The van der Waals surface area contributed by atoms with Gasteiger partial charge in [-0.15, -0.1) is 21.5 Å². The van der Waals surface area contributed by atoms with Gasteiger partial charge in [-0.3, -0.25) is 0 Å². The second-order valence-electron chi connectivity index (χ2n) is 5.14. The number of rotatable bonds is 6. The second kappa shape index (κ2) is 7.20. The Balaban J connectivity index is 2.14. The number of aryl methyl sites for hydroxylation is 3. The Labute approximate surface area is 138 Å². The highest BCUT2D eigenvalue weighted by Crippen LogP contribution is 1.97. The number of hydrogen-bond donors (Lipinski definition) is 0. The zero-order chi connectivity index (χ0) is 17.0. The van der Waals surface area contributed by atoms with Crippen molar-refractivity contribution in [1.82, 2.24) is 9.13 Å². The maximum Gasteiger partial charge on any atom is 0.301 e. The number of thiazole rings is 1. The zero-order valence-electron chi connectivity index (χ0n) is 13.2. The molecule has 10 heteroatoms. The molecular formula is C13H19N5O3S2. The van der Waals surface area contributed by atoms with E-state index < -0.39 is 10.1 Å². The molecule has 0 amide bonds. The van der Waals surface area contributed by atoms with Gasteiger partial charge >= 0.3 is 5.82 Å². The normalized spacial score (nSPS) is 13.3. The molecule has 0 saturated carbocycles. The summed E-state index contributed by atoms with van der Waals surface area (Å²) in [6.07, 6.45) is 5.52. The maximum atomic E-state index is 10.7. The second-order valence-corrected chi connectivity index (χ2v) is 7.50. The lowest BCUT2D eigenvalue weighted by Crippen LogP contribution is -2.37. The van der Waals surface area contributed by atoms with Crippen LogP contribution in [0.15, 0.2) is 28.0 Å². The quantitative estimate of drug-likeness (QED) is 0.312. The molecule has 0 unspecified atom stereocenters. The lowest BCUT2D eigenvalue weighted by atomic mass is 10.4. The van der Waals surface area contributed by atoms with Crippen molar-refractivity contribution in [2.24, 2.45) is 24.3 Å². The molecule has 0 bridgehead atoms. The fraction of sp³-hybridized carbons (Fsp3) is 0.462. The van der Waals surface area contributed by atoms with Gasteiger partial charge < -0.3 is 9.12 Å². The highest BCUT2D eigenvalue weighted by atomic mass is 32.2. The topological polar surface area (TPSA) is 95.7 Å². The van der Waals surface area contributed by atoms with E-state index in [-0.39, 0.29) is 12.2 Å². The minimum atomic E-state index is -4.18. The van der Waals surface area contributed by atoms with E-state index in [2.05, 4.69) is 10.2 Å². The molecule has 0 fully saturated rings. The van der Waals surface area contributed by atoms with Crippen LogP contribution in [0, 0.1) is 6.92 Å². The predicted molar refractivity (Wildman–Crippen MR) is 86.0 cm³/mol. The average Bonchev–Trinajstić information content (AvgIpc) is 2.96. The van der Waals surface area contributed by atoms with Crippen LogP contribution in [0.4, 0.5) is 0 Å². The van der Waals surface area contributed by atoms with E-state index in [9.17, 15) is 13.0 Å². The van der Waals surface area contributed by atoms with Crippen LogP contribution < -0.4 is 9.37 Å². The van der Waals surface area contributed by atoms with Gasteiger partial charge in [0.05, 0.1) is 23.7 Å². The Morgan fingerprint density at radius 1 is 1.43 bits per heavy atom. The number of hydrogen-bond acceptors (Lipinski definition) is 6. The molecule has 0 radical (unpaired) electrons. The number of imidazole rings is 1. The lowest BCUT2D eigenvalue weighted by molar-refractivity contribution is -0.697. The van der Waals surface area contributed by atoms with E-state index in [0.717, 1.165) is 16.3 Å². The molecule has 126 valence electrons. The van der Waals surface area contributed by atoms with Crippen molar-refractivity contribution in [3.05, 3.63) is 34.1 Å². The summed E-state index contributed by atoms with van der Waals surface area (Å²) in [5.41, 5.74) is 1.11. The minimum absolute atomic E-state index is 0.261. The molecule has 8 nitrogen and oxygen atoms in total. The number of aromatic nitrogens is 3. The van der Waals surface area contributed by atoms with Crippen molar-refractivity contribution in [1.29, 1.82) is 0 Å². The van der Waals surface area contributed by atoms with Gasteiger partial charge in [-0.05, 0) is 13.3 Å². The third-order valence-corrected chi connectivity index (χ3v) is 5.20. The first-order valence-electron chi connectivity index (χ1n) is 6.94. The lowest BCUT2D eigenvalue weighted by Gasteiger charge is -2.04. The summed E-state index contributed by atoms with van der Waals surface area (Å²) in [5.74, 6) is 0.396. The molecule has 23 heavy (non-hydrogen) atoms. The van der Waals surface area contributed by atoms with Crippen molar-refractivity contribution in [3.63, 3.8) is 0 Å². The van der Waals surface area contributed by atoms with Gasteiger partial charge in [0.15, 0.2) is 0 Å². The van der Waals surface area contributed by atoms with E-state index in [0.29, 0.717) is 6.54 Å². The molecule has 0 aliphatic heterocycles. The largest absolute Gasteiger partial charge is 0.748 e. The van der Waals surface area contributed by atoms with Crippen LogP contribution in [0.1, 0.15) is 17.9 Å². The Hall–Kier alpha value is -1.78. The van der Waals surface area contributed by atoms with Gasteiger partial charge in [-0.2, -0.15) is 0 Å². The van der Waals surface area contributed by atoms with Crippen LogP contribution in [-0.2, 0) is 30.8 Å². The summed E-state index contributed by atoms with van der Waals surface area (Å²) in [6.45, 7) is 2.42. The zero-order valence-corrected chi connectivity index (χ0v) is 14.8.